The zero-order chi connectivity index (χ0) is 23.4. The van der Waals surface area contributed by atoms with Gasteiger partial charge in [-0.2, -0.15) is 0 Å². The van der Waals surface area contributed by atoms with Crippen LogP contribution in [-0.2, 0) is 16.0 Å². The second-order valence-corrected chi connectivity index (χ2v) is 7.61. The lowest BCUT2D eigenvalue weighted by molar-refractivity contribution is -0.139. The minimum absolute atomic E-state index is 0.112. The Bertz CT molecular complexity index is 766. The van der Waals surface area contributed by atoms with Crippen LogP contribution in [-0.4, -0.2) is 51.6 Å². The van der Waals surface area contributed by atoms with Gasteiger partial charge < -0.3 is 32.2 Å². The van der Waals surface area contributed by atoms with Crippen molar-refractivity contribution in [3.05, 3.63) is 35.4 Å². The second kappa shape index (κ2) is 13.2. The molecule has 10 heteroatoms. The molecule has 0 amide bonds. The molecule has 0 radical (unpaired) electrons. The molecule has 0 aliphatic heterocycles. The molecule has 0 spiro atoms. The van der Waals surface area contributed by atoms with Crippen LogP contribution in [0.1, 0.15) is 56.1 Å². The van der Waals surface area contributed by atoms with Gasteiger partial charge >= 0.3 is 11.9 Å². The maximum absolute atomic E-state index is 10.9. The van der Waals surface area contributed by atoms with E-state index < -0.39 is 23.9 Å². The number of benzene rings is 1. The topological polar surface area (TPSA) is 195 Å². The summed E-state index contributed by atoms with van der Waals surface area (Å²) in [7, 11) is 0. The molecule has 9 N–H and O–H groups in total. The number of nitrogens with two attached hydrogens (primary N) is 2. The fraction of sp³-hybridized carbons (Fsp3) is 0.524. The average Bonchev–Trinajstić information content (AvgIpc) is 3.18. The van der Waals surface area contributed by atoms with E-state index in [4.69, 9.17) is 32.3 Å². The van der Waals surface area contributed by atoms with Crippen LogP contribution in [0.15, 0.2) is 29.4 Å². The van der Waals surface area contributed by atoms with Crippen molar-refractivity contribution in [2.24, 2.45) is 22.5 Å². The Morgan fingerprint density at radius 2 is 1.90 bits per heavy atom. The first-order chi connectivity index (χ1) is 14.6. The van der Waals surface area contributed by atoms with Crippen LogP contribution >= 0.6 is 0 Å². The van der Waals surface area contributed by atoms with E-state index in [1.165, 1.54) is 0 Å². The number of nitrogens with one attached hydrogen (secondary N) is 2. The maximum Gasteiger partial charge on any atom is 0.320 e. The lowest BCUT2D eigenvalue weighted by atomic mass is 9.94. The molecule has 1 saturated carbocycles. The number of guanidine groups is 1. The molecule has 2 rings (SSSR count). The number of nitrogens with zero attached hydrogens (tertiary/aromatic N) is 1. The van der Waals surface area contributed by atoms with Crippen LogP contribution < -0.4 is 16.8 Å². The van der Waals surface area contributed by atoms with Crippen LogP contribution in [0.5, 0.6) is 0 Å². The van der Waals surface area contributed by atoms with E-state index in [0.717, 1.165) is 42.5 Å². The van der Waals surface area contributed by atoms with Crippen molar-refractivity contribution in [1.29, 1.82) is 5.41 Å². The molecular formula is C21H33N5O5. The van der Waals surface area contributed by atoms with E-state index in [1.807, 2.05) is 24.3 Å². The molecule has 3 atom stereocenters. The predicted molar refractivity (Wildman–Crippen MR) is 118 cm³/mol. The van der Waals surface area contributed by atoms with Gasteiger partial charge in [-0.25, -0.2) is 0 Å². The zero-order valence-corrected chi connectivity index (χ0v) is 17.8. The van der Waals surface area contributed by atoms with Gasteiger partial charge in [-0.1, -0.05) is 29.4 Å². The molecule has 172 valence electrons. The molecular weight excluding hydrogens is 402 g/mol. The Hall–Kier alpha value is -3.14. The summed E-state index contributed by atoms with van der Waals surface area (Å²) >= 11 is 0. The van der Waals surface area contributed by atoms with Gasteiger partial charge in [0.15, 0.2) is 5.96 Å². The Morgan fingerprint density at radius 1 is 1.26 bits per heavy atom. The number of aliphatic carboxylic acids is 2. The fourth-order valence-electron chi connectivity index (χ4n) is 3.29. The summed E-state index contributed by atoms with van der Waals surface area (Å²) in [6.45, 7) is 2.17. The summed E-state index contributed by atoms with van der Waals surface area (Å²) in [6.07, 6.45) is 4.87. The van der Waals surface area contributed by atoms with E-state index in [-0.39, 0.29) is 5.96 Å². The van der Waals surface area contributed by atoms with Gasteiger partial charge in [-0.05, 0) is 56.6 Å². The summed E-state index contributed by atoms with van der Waals surface area (Å²) in [5.41, 5.74) is 13.1. The normalized spacial score (nSPS) is 18.5. The Morgan fingerprint density at radius 3 is 2.42 bits per heavy atom. The van der Waals surface area contributed by atoms with E-state index in [1.54, 1.807) is 6.92 Å². The first-order valence-electron chi connectivity index (χ1n) is 10.2. The highest BCUT2D eigenvalue weighted by molar-refractivity contribution is 5.88. The van der Waals surface area contributed by atoms with Crippen LogP contribution in [0, 0.1) is 11.3 Å². The maximum atomic E-state index is 10.9. The molecule has 1 aliphatic rings. The molecule has 1 fully saturated rings. The molecule has 1 aromatic rings. The highest BCUT2D eigenvalue weighted by Gasteiger charge is 2.23. The molecule has 1 aromatic carbocycles. The second-order valence-electron chi connectivity index (χ2n) is 7.61. The number of carbonyl (C=O) groups is 2. The van der Waals surface area contributed by atoms with Crippen molar-refractivity contribution in [2.45, 2.75) is 57.4 Å². The number of hydrogen-bond acceptors (Lipinski definition) is 6. The van der Waals surface area contributed by atoms with Gasteiger partial charge in [0.2, 0.25) is 0 Å². The summed E-state index contributed by atoms with van der Waals surface area (Å²) in [5, 5.41) is 39.0. The molecule has 0 bridgehead atoms. The summed E-state index contributed by atoms with van der Waals surface area (Å²) in [5.74, 6) is -2.07. The van der Waals surface area contributed by atoms with Crippen LogP contribution in [0.2, 0.25) is 0 Å². The van der Waals surface area contributed by atoms with Crippen molar-refractivity contribution in [2.75, 3.05) is 6.54 Å². The highest BCUT2D eigenvalue weighted by atomic mass is 16.4. The SMILES string of the molecule is CC(C(=O)O)c1ccc(CC2CCC/C2=N/O)cc1.N=C(N)NCCC[C@H](N)C(=O)O. The van der Waals surface area contributed by atoms with Gasteiger partial charge in [0.25, 0.3) is 0 Å². The Balaban J connectivity index is 0.000000348. The molecule has 0 saturated heterocycles. The van der Waals surface area contributed by atoms with Gasteiger partial charge in [0.05, 0.1) is 11.6 Å². The fourth-order valence-corrected chi connectivity index (χ4v) is 3.29. The van der Waals surface area contributed by atoms with Crippen LogP contribution in [0.4, 0.5) is 0 Å². The number of rotatable bonds is 9. The minimum Gasteiger partial charge on any atom is -0.481 e. The zero-order valence-electron chi connectivity index (χ0n) is 17.8. The van der Waals surface area contributed by atoms with Crippen molar-refractivity contribution in [1.82, 2.24) is 5.32 Å². The van der Waals surface area contributed by atoms with E-state index in [2.05, 4.69) is 10.5 Å². The number of carboxylic acid groups (broad SMARTS) is 2. The van der Waals surface area contributed by atoms with Crippen LogP contribution in [0.25, 0.3) is 0 Å². The molecule has 10 nitrogen and oxygen atoms in total. The smallest absolute Gasteiger partial charge is 0.320 e. The Labute approximate surface area is 181 Å². The van der Waals surface area contributed by atoms with E-state index >= 15 is 0 Å². The lowest BCUT2D eigenvalue weighted by Crippen LogP contribution is -2.34. The van der Waals surface area contributed by atoms with Gasteiger partial charge in [-0.15, -0.1) is 0 Å². The molecule has 31 heavy (non-hydrogen) atoms. The third-order valence-electron chi connectivity index (χ3n) is 5.24. The van der Waals surface area contributed by atoms with Crippen LogP contribution in [0.3, 0.4) is 0 Å². The largest absolute Gasteiger partial charge is 0.481 e. The lowest BCUT2D eigenvalue weighted by Gasteiger charge is -2.11. The third-order valence-corrected chi connectivity index (χ3v) is 5.24. The summed E-state index contributed by atoms with van der Waals surface area (Å²) in [4.78, 5) is 21.1. The van der Waals surface area contributed by atoms with Crippen molar-refractivity contribution < 1.29 is 25.0 Å². The van der Waals surface area contributed by atoms with Crippen molar-refractivity contribution >= 4 is 23.6 Å². The van der Waals surface area contributed by atoms with Crippen molar-refractivity contribution in [3.63, 3.8) is 0 Å². The average molecular weight is 436 g/mol. The van der Waals surface area contributed by atoms with Crippen molar-refractivity contribution in [3.8, 4) is 0 Å². The first kappa shape index (κ1) is 25.9. The molecule has 1 aliphatic carbocycles. The molecule has 0 aromatic heterocycles. The van der Waals surface area contributed by atoms with Gasteiger partial charge in [0, 0.05) is 12.5 Å². The first-order valence-corrected chi connectivity index (χ1v) is 10.2. The summed E-state index contributed by atoms with van der Waals surface area (Å²) < 4.78 is 0. The van der Waals surface area contributed by atoms with E-state index in [0.29, 0.717) is 25.3 Å². The number of hydrogen-bond donors (Lipinski definition) is 7. The summed E-state index contributed by atoms with van der Waals surface area (Å²) in [6, 6.07) is 6.88. The Kier molecular flexibility index (Phi) is 11.0. The van der Waals surface area contributed by atoms with E-state index in [9.17, 15) is 9.59 Å². The standard InChI is InChI=1S/C15H19NO3.C6H14N4O2/c1-10(15(17)18)12-7-5-11(6-8-12)9-13-3-2-4-14(13)16-19;7-4(5(11)12)2-1-3-10-6(8)9/h5-8,10,13,19H,2-4,9H2,1H3,(H,17,18);4H,1-3,7H2,(H,11,12)(H4,8,9,10)/b16-14-;/t;4-/m.0/s1. The molecule has 2 unspecified atom stereocenters. The van der Waals surface area contributed by atoms with Gasteiger partial charge in [-0.3, -0.25) is 15.0 Å². The van der Waals surface area contributed by atoms with Gasteiger partial charge in [0.1, 0.15) is 6.04 Å². The number of carboxylic acids is 2. The minimum atomic E-state index is -1.00. The molecule has 0 heterocycles. The number of oxime groups is 1. The quantitative estimate of drug-likeness (QED) is 0.1000. The predicted octanol–water partition coefficient (Wildman–Crippen LogP) is 1.71. The third kappa shape index (κ3) is 9.47. The monoisotopic (exact) mass is 435 g/mol. The highest BCUT2D eigenvalue weighted by Crippen LogP contribution is 2.27.